The van der Waals surface area contributed by atoms with Gasteiger partial charge in [0.15, 0.2) is 5.82 Å². The highest BCUT2D eigenvalue weighted by molar-refractivity contribution is 6.00. The summed E-state index contributed by atoms with van der Waals surface area (Å²) in [5.74, 6) is 0.722. The van der Waals surface area contributed by atoms with E-state index in [0.717, 1.165) is 16.8 Å². The van der Waals surface area contributed by atoms with Gasteiger partial charge in [0.05, 0.1) is 0 Å². The monoisotopic (exact) mass is 259 g/mol. The molecule has 2 rings (SSSR count). The Balaban J connectivity index is 2.16. The molecule has 0 aliphatic rings. The van der Waals surface area contributed by atoms with Crippen molar-refractivity contribution in [2.75, 3.05) is 10.6 Å². The minimum absolute atomic E-state index is 0.329. The molecule has 0 spiro atoms. The topological polar surface area (TPSA) is 67.2 Å². The van der Waals surface area contributed by atoms with Gasteiger partial charge in [-0.15, -0.1) is 0 Å². The van der Waals surface area contributed by atoms with Crippen molar-refractivity contribution >= 4 is 17.5 Å². The summed E-state index contributed by atoms with van der Waals surface area (Å²) < 4.78 is 4.66. The lowest BCUT2D eigenvalue weighted by Gasteiger charge is -2.16. The average Bonchev–Trinajstić information content (AvgIpc) is 2.84. The molecule has 0 saturated carbocycles. The maximum Gasteiger partial charge on any atom is 0.324 e. The summed E-state index contributed by atoms with van der Waals surface area (Å²) in [5.41, 5.74) is 2.98. The number of urea groups is 1. The molecule has 19 heavy (non-hydrogen) atoms. The van der Waals surface area contributed by atoms with Crippen LogP contribution in [0.1, 0.15) is 30.9 Å². The lowest BCUT2D eigenvalue weighted by Crippen LogP contribution is -2.21. The second-order valence-electron chi connectivity index (χ2n) is 4.66. The summed E-state index contributed by atoms with van der Waals surface area (Å²) in [6.45, 7) is 6.16. The molecule has 2 N–H and O–H groups in total. The number of benzene rings is 1. The Hall–Kier alpha value is -2.30. The van der Waals surface area contributed by atoms with Crippen molar-refractivity contribution in [2.24, 2.45) is 0 Å². The zero-order chi connectivity index (χ0) is 13.8. The van der Waals surface area contributed by atoms with Gasteiger partial charge in [-0.3, -0.25) is 5.32 Å². The van der Waals surface area contributed by atoms with E-state index in [9.17, 15) is 4.79 Å². The number of aryl methyl sites for hydroxylation is 1. The number of aromatic nitrogens is 1. The molecule has 0 unspecified atom stereocenters. The highest BCUT2D eigenvalue weighted by atomic mass is 16.5. The highest BCUT2D eigenvalue weighted by Gasteiger charge is 2.12. The first kappa shape index (κ1) is 13.1. The number of nitrogens with one attached hydrogen (secondary N) is 2. The van der Waals surface area contributed by atoms with Crippen LogP contribution in [0.2, 0.25) is 0 Å². The molecule has 5 heteroatoms. The van der Waals surface area contributed by atoms with Crippen LogP contribution in [0, 0.1) is 6.92 Å². The average molecular weight is 259 g/mol. The lowest BCUT2D eigenvalue weighted by atomic mass is 9.98. The van der Waals surface area contributed by atoms with Gasteiger partial charge in [-0.2, -0.15) is 0 Å². The third kappa shape index (κ3) is 3.13. The summed E-state index contributed by atoms with van der Waals surface area (Å²) >= 11 is 0. The van der Waals surface area contributed by atoms with E-state index in [2.05, 4.69) is 34.2 Å². The second-order valence-corrected chi connectivity index (χ2v) is 4.66. The highest BCUT2D eigenvalue weighted by Crippen LogP contribution is 2.27. The van der Waals surface area contributed by atoms with Gasteiger partial charge in [0.25, 0.3) is 0 Å². The minimum Gasteiger partial charge on any atom is -0.363 e. The van der Waals surface area contributed by atoms with Crippen LogP contribution in [0.15, 0.2) is 35.1 Å². The number of carbonyl (C=O) groups excluding carboxylic acids is 1. The fraction of sp³-hybridized carbons (Fsp3) is 0.286. The van der Waals surface area contributed by atoms with E-state index in [4.69, 9.17) is 0 Å². The Bertz CT molecular complexity index is 562. The third-order valence-corrected chi connectivity index (χ3v) is 2.84. The van der Waals surface area contributed by atoms with Crippen molar-refractivity contribution in [3.05, 3.63) is 41.7 Å². The number of hydrogen-bond acceptors (Lipinski definition) is 3. The van der Waals surface area contributed by atoms with Crippen molar-refractivity contribution in [2.45, 2.75) is 26.7 Å². The molecule has 0 fully saturated rings. The van der Waals surface area contributed by atoms with Gasteiger partial charge in [-0.25, -0.2) is 4.79 Å². The molecule has 1 heterocycles. The smallest absolute Gasteiger partial charge is 0.324 e. The van der Waals surface area contributed by atoms with Gasteiger partial charge in [-0.1, -0.05) is 37.2 Å². The summed E-state index contributed by atoms with van der Waals surface area (Å²) in [6.07, 6.45) is 1.41. The molecule has 100 valence electrons. The predicted molar refractivity (Wildman–Crippen MR) is 74.4 cm³/mol. The molecule has 0 aliphatic heterocycles. The number of amides is 2. The normalized spacial score (nSPS) is 10.5. The molecule has 0 radical (unpaired) electrons. The first-order chi connectivity index (χ1) is 9.08. The van der Waals surface area contributed by atoms with Crippen LogP contribution in [0.4, 0.5) is 16.3 Å². The van der Waals surface area contributed by atoms with Crippen LogP contribution in [0.3, 0.4) is 0 Å². The summed E-state index contributed by atoms with van der Waals surface area (Å²) in [4.78, 5) is 11.9. The molecule has 2 aromatic rings. The Morgan fingerprint density at radius 3 is 2.68 bits per heavy atom. The lowest BCUT2D eigenvalue weighted by molar-refractivity contribution is 0.262. The molecule has 1 aromatic carbocycles. The van der Waals surface area contributed by atoms with E-state index in [1.807, 2.05) is 25.1 Å². The molecule has 5 nitrogen and oxygen atoms in total. The van der Waals surface area contributed by atoms with Crippen molar-refractivity contribution in [3.8, 4) is 0 Å². The largest absolute Gasteiger partial charge is 0.363 e. The first-order valence-electron chi connectivity index (χ1n) is 6.16. The van der Waals surface area contributed by atoms with E-state index < -0.39 is 0 Å². The predicted octanol–water partition coefficient (Wildman–Crippen LogP) is 3.75. The molecule has 0 bridgehead atoms. The molecule has 2 amide bonds. The van der Waals surface area contributed by atoms with Crippen LogP contribution in [-0.2, 0) is 0 Å². The van der Waals surface area contributed by atoms with Crippen molar-refractivity contribution in [3.63, 3.8) is 0 Å². The number of rotatable bonds is 3. The van der Waals surface area contributed by atoms with Gasteiger partial charge in [0, 0.05) is 11.8 Å². The quantitative estimate of drug-likeness (QED) is 0.882. The van der Waals surface area contributed by atoms with Crippen LogP contribution in [0.5, 0.6) is 0 Å². The SMILES string of the molecule is Cc1cccc(C(C)C)c1NC(=O)Nc1ccon1. The maximum absolute atomic E-state index is 11.9. The molecule has 1 aromatic heterocycles. The fourth-order valence-electron chi connectivity index (χ4n) is 1.88. The Labute approximate surface area is 112 Å². The zero-order valence-electron chi connectivity index (χ0n) is 11.2. The second kappa shape index (κ2) is 5.56. The van der Waals surface area contributed by atoms with E-state index in [1.165, 1.54) is 6.26 Å². The van der Waals surface area contributed by atoms with E-state index in [0.29, 0.717) is 11.7 Å². The molecular weight excluding hydrogens is 242 g/mol. The number of carbonyl (C=O) groups is 1. The first-order valence-corrected chi connectivity index (χ1v) is 6.16. The number of para-hydroxylation sites is 1. The van der Waals surface area contributed by atoms with Gasteiger partial charge in [0.2, 0.25) is 0 Å². The molecule has 0 atom stereocenters. The van der Waals surface area contributed by atoms with Gasteiger partial charge in [-0.05, 0) is 24.0 Å². The van der Waals surface area contributed by atoms with E-state index >= 15 is 0 Å². The molecule has 0 aliphatic carbocycles. The Morgan fingerprint density at radius 1 is 1.26 bits per heavy atom. The van der Waals surface area contributed by atoms with E-state index in [-0.39, 0.29) is 6.03 Å². The molecule has 0 saturated heterocycles. The zero-order valence-corrected chi connectivity index (χ0v) is 11.2. The summed E-state index contributed by atoms with van der Waals surface area (Å²) in [6, 6.07) is 7.23. The maximum atomic E-state index is 11.9. The summed E-state index contributed by atoms with van der Waals surface area (Å²) in [7, 11) is 0. The molecular formula is C14H17N3O2. The van der Waals surface area contributed by atoms with Gasteiger partial charge < -0.3 is 9.84 Å². The van der Waals surface area contributed by atoms with Crippen LogP contribution >= 0.6 is 0 Å². The fourth-order valence-corrected chi connectivity index (χ4v) is 1.88. The Morgan fingerprint density at radius 2 is 2.05 bits per heavy atom. The number of hydrogen-bond donors (Lipinski definition) is 2. The number of nitrogens with zero attached hydrogens (tertiary/aromatic N) is 1. The van der Waals surface area contributed by atoms with Crippen molar-refractivity contribution < 1.29 is 9.32 Å². The van der Waals surface area contributed by atoms with Crippen LogP contribution in [-0.4, -0.2) is 11.2 Å². The van der Waals surface area contributed by atoms with Crippen molar-refractivity contribution in [1.29, 1.82) is 0 Å². The van der Waals surface area contributed by atoms with Gasteiger partial charge in [0.1, 0.15) is 6.26 Å². The van der Waals surface area contributed by atoms with Crippen LogP contribution < -0.4 is 10.6 Å². The Kier molecular flexibility index (Phi) is 3.85. The summed E-state index contributed by atoms with van der Waals surface area (Å²) in [5, 5.41) is 9.11. The van der Waals surface area contributed by atoms with Crippen molar-refractivity contribution in [1.82, 2.24) is 5.16 Å². The van der Waals surface area contributed by atoms with Crippen LogP contribution in [0.25, 0.3) is 0 Å². The minimum atomic E-state index is -0.329. The number of anilines is 2. The third-order valence-electron chi connectivity index (χ3n) is 2.84. The standard InChI is InChI=1S/C14H17N3O2/c1-9(2)11-6-4-5-10(3)13(11)16-14(18)15-12-7-8-19-17-12/h4-9H,1-3H3,(H2,15,16,17,18). The van der Waals surface area contributed by atoms with E-state index in [1.54, 1.807) is 6.07 Å². The van der Waals surface area contributed by atoms with Gasteiger partial charge >= 0.3 is 6.03 Å².